The van der Waals surface area contributed by atoms with Gasteiger partial charge in [0.1, 0.15) is 5.60 Å². The number of ether oxygens (including phenoxy) is 3. The zero-order valence-electron chi connectivity index (χ0n) is 23.6. The molecule has 2 saturated heterocycles. The molecule has 1 aromatic carbocycles. The van der Waals surface area contributed by atoms with Gasteiger partial charge in [0.25, 0.3) is 11.1 Å². The summed E-state index contributed by atoms with van der Waals surface area (Å²) in [4.78, 5) is 47.9. The molecule has 11 nitrogen and oxygen atoms in total. The fourth-order valence-electron chi connectivity index (χ4n) is 3.83. The molecule has 3 rings (SSSR count). The van der Waals surface area contributed by atoms with Gasteiger partial charge in [0.05, 0.1) is 19.1 Å². The van der Waals surface area contributed by atoms with Crippen LogP contribution < -0.4 is 30.3 Å². The van der Waals surface area contributed by atoms with Crippen LogP contribution in [0.1, 0.15) is 58.4 Å². The minimum atomic E-state index is -0.466. The lowest BCUT2D eigenvalue weighted by Gasteiger charge is -2.22. The first-order valence-corrected chi connectivity index (χ1v) is 13.7. The predicted molar refractivity (Wildman–Crippen MR) is 152 cm³/mol. The number of thioether (sulfide) groups is 1. The monoisotopic (exact) mass is 564 g/mol. The highest BCUT2D eigenvalue weighted by Crippen LogP contribution is 2.39. The summed E-state index contributed by atoms with van der Waals surface area (Å²) in [5.41, 5.74) is 1.36. The summed E-state index contributed by atoms with van der Waals surface area (Å²) in [7, 11) is 4.79. The lowest BCUT2D eigenvalue weighted by molar-refractivity contribution is -0.120. The number of carbonyl (C=O) groups is 4. The number of hydrogen-bond acceptors (Lipinski definition) is 9. The van der Waals surface area contributed by atoms with Crippen LogP contribution in [-0.4, -0.2) is 69.6 Å². The van der Waals surface area contributed by atoms with Crippen molar-refractivity contribution < 1.29 is 33.4 Å². The maximum Gasteiger partial charge on any atom is 0.407 e. The number of nitrogens with zero attached hydrogens (tertiary/aromatic N) is 1. The van der Waals surface area contributed by atoms with E-state index in [-0.39, 0.29) is 17.1 Å². The van der Waals surface area contributed by atoms with E-state index in [1.54, 1.807) is 27.3 Å². The Balaban J connectivity index is 0.000000295. The van der Waals surface area contributed by atoms with Crippen molar-refractivity contribution in [1.82, 2.24) is 16.0 Å². The minimum absolute atomic E-state index is 0.0252. The van der Waals surface area contributed by atoms with E-state index >= 15 is 0 Å². The van der Waals surface area contributed by atoms with Gasteiger partial charge in [0.2, 0.25) is 5.91 Å². The Bertz CT molecular complexity index is 1060. The van der Waals surface area contributed by atoms with Crippen LogP contribution in [-0.2, 0) is 14.3 Å². The molecule has 0 bridgehead atoms. The molecule has 1 aromatic rings. The maximum atomic E-state index is 11.8. The molecule has 0 unspecified atom stereocenters. The van der Waals surface area contributed by atoms with Gasteiger partial charge in [-0.2, -0.15) is 0 Å². The molecule has 0 aliphatic carbocycles. The minimum Gasteiger partial charge on any atom is -0.493 e. The Labute approximate surface area is 234 Å². The van der Waals surface area contributed by atoms with E-state index in [0.717, 1.165) is 61.8 Å². The smallest absolute Gasteiger partial charge is 0.407 e. The maximum absolute atomic E-state index is 11.8. The van der Waals surface area contributed by atoms with Gasteiger partial charge >= 0.3 is 6.09 Å². The quantitative estimate of drug-likeness (QED) is 0.300. The molecule has 0 radical (unpaired) electrons. The van der Waals surface area contributed by atoms with Crippen LogP contribution in [0, 0.1) is 0 Å². The number of rotatable bonds is 9. The zero-order valence-corrected chi connectivity index (χ0v) is 24.4. The Hall–Kier alpha value is -3.41. The molecule has 216 valence electrons. The Morgan fingerprint density at radius 3 is 2.26 bits per heavy atom. The molecule has 2 aliphatic heterocycles. The Kier molecular flexibility index (Phi) is 12.4. The van der Waals surface area contributed by atoms with Crippen LogP contribution in [0.5, 0.6) is 11.5 Å². The second-order valence-electron chi connectivity index (χ2n) is 9.87. The first-order chi connectivity index (χ1) is 18.5. The van der Waals surface area contributed by atoms with Gasteiger partial charge in [-0.25, -0.2) is 4.79 Å². The highest BCUT2D eigenvalue weighted by Gasteiger charge is 2.26. The normalized spacial score (nSPS) is 15.8. The summed E-state index contributed by atoms with van der Waals surface area (Å²) < 4.78 is 15.8. The molecule has 0 spiro atoms. The predicted octanol–water partition coefficient (Wildman–Crippen LogP) is 4.06. The number of anilines is 1. The van der Waals surface area contributed by atoms with Crippen molar-refractivity contribution in [3.8, 4) is 11.5 Å². The van der Waals surface area contributed by atoms with Gasteiger partial charge in [-0.15, -0.1) is 0 Å². The van der Waals surface area contributed by atoms with Crippen LogP contribution in [0.25, 0.3) is 6.08 Å². The second-order valence-corrected chi connectivity index (χ2v) is 10.9. The fraction of sp³-hybridized carbons (Fsp3) is 0.556. The van der Waals surface area contributed by atoms with Gasteiger partial charge in [-0.05, 0) is 70.4 Å². The number of imide groups is 1. The molecular weight excluding hydrogens is 524 g/mol. The zero-order chi connectivity index (χ0) is 29.0. The molecule has 3 N–H and O–H groups in total. The largest absolute Gasteiger partial charge is 0.493 e. The molecule has 2 aliphatic rings. The van der Waals surface area contributed by atoms with Crippen molar-refractivity contribution in [2.75, 3.05) is 45.8 Å². The number of alkyl carbamates (subject to hydrolysis) is 1. The first-order valence-electron chi connectivity index (χ1n) is 12.9. The fourth-order valence-corrected chi connectivity index (χ4v) is 4.51. The van der Waals surface area contributed by atoms with Crippen molar-refractivity contribution in [1.29, 1.82) is 0 Å². The van der Waals surface area contributed by atoms with Crippen LogP contribution in [0.15, 0.2) is 17.0 Å². The Morgan fingerprint density at radius 1 is 1.08 bits per heavy atom. The van der Waals surface area contributed by atoms with E-state index in [4.69, 9.17) is 14.2 Å². The number of nitrogens with one attached hydrogen (secondary N) is 3. The van der Waals surface area contributed by atoms with Gasteiger partial charge in [0.15, 0.2) is 11.5 Å². The number of hydrogen-bond donors (Lipinski definition) is 3. The third-order valence-corrected chi connectivity index (χ3v) is 6.50. The summed E-state index contributed by atoms with van der Waals surface area (Å²) >= 11 is 0.914. The molecule has 12 heteroatoms. The van der Waals surface area contributed by atoms with Gasteiger partial charge in [-0.3, -0.25) is 19.7 Å². The third-order valence-electron chi connectivity index (χ3n) is 5.69. The molecule has 2 heterocycles. The van der Waals surface area contributed by atoms with Crippen molar-refractivity contribution in [2.24, 2.45) is 0 Å². The van der Waals surface area contributed by atoms with E-state index in [9.17, 15) is 19.2 Å². The van der Waals surface area contributed by atoms with Crippen molar-refractivity contribution in [2.45, 2.75) is 58.5 Å². The van der Waals surface area contributed by atoms with Crippen LogP contribution >= 0.6 is 11.8 Å². The molecule has 0 saturated carbocycles. The van der Waals surface area contributed by atoms with Crippen molar-refractivity contribution in [3.05, 3.63) is 22.6 Å². The van der Waals surface area contributed by atoms with E-state index in [2.05, 4.69) is 20.9 Å². The summed E-state index contributed by atoms with van der Waals surface area (Å²) in [5.74, 6) is 0.910. The van der Waals surface area contributed by atoms with E-state index in [0.29, 0.717) is 29.4 Å². The second kappa shape index (κ2) is 15.2. The molecule has 4 amide bonds. The molecule has 0 atom stereocenters. The van der Waals surface area contributed by atoms with Crippen molar-refractivity contribution >= 4 is 46.7 Å². The summed E-state index contributed by atoms with van der Waals surface area (Å²) in [5, 5.41) is 7.11. The number of carbonyl (C=O) groups excluding carboxylic acids is 4. The van der Waals surface area contributed by atoms with Gasteiger partial charge in [0, 0.05) is 50.4 Å². The summed E-state index contributed by atoms with van der Waals surface area (Å²) in [6.07, 6.45) is 5.62. The molecule has 2 fully saturated rings. The molecular formula is C27H40N4O7S. The summed E-state index contributed by atoms with van der Waals surface area (Å²) in [6, 6.07) is 3.77. The molecule has 39 heavy (non-hydrogen) atoms. The van der Waals surface area contributed by atoms with Gasteiger partial charge < -0.3 is 29.7 Å². The Morgan fingerprint density at radius 2 is 1.72 bits per heavy atom. The van der Waals surface area contributed by atoms with Crippen molar-refractivity contribution in [3.63, 3.8) is 0 Å². The SMILES string of the molecule is CNC(=O)CCCCNC(=O)OC(C)(C)C.COc1cc(/C=C2\SC(=O)NC2=O)c(N2CCCC2)cc1OC. The highest BCUT2D eigenvalue weighted by molar-refractivity contribution is 8.18. The number of unbranched alkanes of at least 4 members (excludes halogenated alkanes) is 1. The van der Waals surface area contributed by atoms with E-state index in [1.807, 2.05) is 32.9 Å². The number of amides is 4. The van der Waals surface area contributed by atoms with E-state index < -0.39 is 11.7 Å². The summed E-state index contributed by atoms with van der Waals surface area (Å²) in [6.45, 7) is 7.91. The van der Waals surface area contributed by atoms with Gasteiger partial charge in [-0.1, -0.05) is 0 Å². The van der Waals surface area contributed by atoms with Crippen LogP contribution in [0.2, 0.25) is 0 Å². The standard InChI is InChI=1S/C16H18N2O4S.C11H22N2O3/c1-21-12-7-10(8-14-15(19)17-16(20)23-14)11(9-13(12)22-2)18-5-3-4-6-18;1-11(2,3)16-10(15)13-8-6-5-7-9(14)12-4/h7-9H,3-6H2,1-2H3,(H,17,19,20);5-8H2,1-4H3,(H,12,14)(H,13,15)/b14-8-;. The molecule has 0 aromatic heterocycles. The average Bonchev–Trinajstić information content (AvgIpc) is 3.52. The first kappa shape index (κ1) is 31.8. The van der Waals surface area contributed by atoms with Crippen LogP contribution in [0.3, 0.4) is 0 Å². The number of methoxy groups -OCH3 is 2. The lowest BCUT2D eigenvalue weighted by atomic mass is 10.1. The number of benzene rings is 1. The topological polar surface area (TPSA) is 135 Å². The van der Waals surface area contributed by atoms with E-state index in [1.165, 1.54) is 0 Å². The highest BCUT2D eigenvalue weighted by atomic mass is 32.2. The van der Waals surface area contributed by atoms with Crippen LogP contribution in [0.4, 0.5) is 15.3 Å². The average molecular weight is 565 g/mol. The lowest BCUT2D eigenvalue weighted by Crippen LogP contribution is -2.33. The third kappa shape index (κ3) is 10.7.